The normalized spacial score (nSPS) is 12.5. The van der Waals surface area contributed by atoms with E-state index >= 15 is 0 Å². The molecule has 0 fully saturated rings. The van der Waals surface area contributed by atoms with Crippen LogP contribution in [0.1, 0.15) is 30.9 Å². The Labute approximate surface area is 110 Å². The molecule has 0 aromatic carbocycles. The highest BCUT2D eigenvalue weighted by Gasteiger charge is 2.32. The van der Waals surface area contributed by atoms with Gasteiger partial charge in [-0.3, -0.25) is 4.79 Å². The molecule has 0 saturated carbocycles. The minimum Gasteiger partial charge on any atom is -0.313 e. The maximum atomic E-state index is 12.8. The SMILES string of the molecule is CC(C)c1cc(C(F)(F)F)cn(CCN(C)C)c1=O. The van der Waals surface area contributed by atoms with Crippen molar-refractivity contribution in [3.05, 3.63) is 33.7 Å². The first-order chi connectivity index (χ1) is 8.62. The molecule has 0 aliphatic rings. The molecule has 3 nitrogen and oxygen atoms in total. The summed E-state index contributed by atoms with van der Waals surface area (Å²) in [6.45, 7) is 4.19. The van der Waals surface area contributed by atoms with Crippen molar-refractivity contribution in [3.63, 3.8) is 0 Å². The Hall–Kier alpha value is -1.30. The van der Waals surface area contributed by atoms with Crippen LogP contribution >= 0.6 is 0 Å². The third kappa shape index (κ3) is 4.09. The summed E-state index contributed by atoms with van der Waals surface area (Å²) in [6.07, 6.45) is -3.53. The van der Waals surface area contributed by atoms with Crippen LogP contribution in [0.3, 0.4) is 0 Å². The molecular weight excluding hydrogens is 257 g/mol. The van der Waals surface area contributed by atoms with Crippen molar-refractivity contribution in [1.29, 1.82) is 0 Å². The average molecular weight is 276 g/mol. The van der Waals surface area contributed by atoms with E-state index in [4.69, 9.17) is 0 Å². The highest BCUT2D eigenvalue weighted by molar-refractivity contribution is 5.24. The molecule has 1 aromatic heterocycles. The topological polar surface area (TPSA) is 25.2 Å². The van der Waals surface area contributed by atoms with Crippen LogP contribution in [-0.4, -0.2) is 30.1 Å². The first-order valence-corrected chi connectivity index (χ1v) is 6.09. The van der Waals surface area contributed by atoms with Gasteiger partial charge in [0, 0.05) is 24.8 Å². The number of hydrogen-bond donors (Lipinski definition) is 0. The molecule has 6 heteroatoms. The third-order valence-corrected chi connectivity index (χ3v) is 2.85. The van der Waals surface area contributed by atoms with E-state index in [9.17, 15) is 18.0 Å². The zero-order chi connectivity index (χ0) is 14.8. The second kappa shape index (κ2) is 5.77. The van der Waals surface area contributed by atoms with Crippen molar-refractivity contribution in [2.24, 2.45) is 0 Å². The molecule has 0 atom stereocenters. The van der Waals surface area contributed by atoms with Crippen LogP contribution in [0.4, 0.5) is 13.2 Å². The van der Waals surface area contributed by atoms with Gasteiger partial charge in [0.1, 0.15) is 0 Å². The lowest BCUT2D eigenvalue weighted by atomic mass is 10.0. The standard InChI is InChI=1S/C13H19F3N2O/c1-9(2)11-7-10(13(14,15)16)8-18(12(11)19)6-5-17(3)4/h7-9H,5-6H2,1-4H3. The highest BCUT2D eigenvalue weighted by atomic mass is 19.4. The molecule has 0 radical (unpaired) electrons. The van der Waals surface area contributed by atoms with Gasteiger partial charge in [0.25, 0.3) is 5.56 Å². The number of pyridine rings is 1. The highest BCUT2D eigenvalue weighted by Crippen LogP contribution is 2.29. The van der Waals surface area contributed by atoms with Crippen LogP contribution in [0.5, 0.6) is 0 Å². The first kappa shape index (κ1) is 15.8. The van der Waals surface area contributed by atoms with Gasteiger partial charge in [-0.05, 0) is 26.1 Å². The van der Waals surface area contributed by atoms with Crippen LogP contribution in [0.2, 0.25) is 0 Å². The number of hydrogen-bond acceptors (Lipinski definition) is 2. The van der Waals surface area contributed by atoms with Gasteiger partial charge >= 0.3 is 6.18 Å². The fourth-order valence-corrected chi connectivity index (χ4v) is 1.70. The average Bonchev–Trinajstić information content (AvgIpc) is 2.25. The Morgan fingerprint density at radius 2 is 1.89 bits per heavy atom. The van der Waals surface area contributed by atoms with Crippen molar-refractivity contribution >= 4 is 0 Å². The van der Waals surface area contributed by atoms with Crippen molar-refractivity contribution in [1.82, 2.24) is 9.47 Å². The summed E-state index contributed by atoms with van der Waals surface area (Å²) in [5.74, 6) is -0.236. The second-order valence-electron chi connectivity index (χ2n) is 5.14. The van der Waals surface area contributed by atoms with E-state index in [1.165, 1.54) is 0 Å². The molecule has 1 rings (SSSR count). The predicted octanol–water partition coefficient (Wildman–Crippen LogP) is 2.55. The number of halogens is 3. The molecule has 0 aliphatic carbocycles. The Kier molecular flexibility index (Phi) is 4.79. The zero-order valence-corrected chi connectivity index (χ0v) is 11.6. The lowest BCUT2D eigenvalue weighted by Gasteiger charge is -2.16. The number of alkyl halides is 3. The Bertz CT molecular complexity index is 490. The van der Waals surface area contributed by atoms with Crippen molar-refractivity contribution in [2.75, 3.05) is 20.6 Å². The Morgan fingerprint density at radius 3 is 2.32 bits per heavy atom. The molecule has 108 valence electrons. The number of aromatic nitrogens is 1. The summed E-state index contributed by atoms with van der Waals surface area (Å²) < 4.78 is 39.6. The Balaban J connectivity index is 3.29. The maximum Gasteiger partial charge on any atom is 0.417 e. The first-order valence-electron chi connectivity index (χ1n) is 6.09. The Morgan fingerprint density at radius 1 is 1.32 bits per heavy atom. The molecule has 0 unspecified atom stereocenters. The van der Waals surface area contributed by atoms with Crippen LogP contribution < -0.4 is 5.56 Å². The third-order valence-electron chi connectivity index (χ3n) is 2.85. The van der Waals surface area contributed by atoms with Gasteiger partial charge in [-0.15, -0.1) is 0 Å². The summed E-state index contributed by atoms with van der Waals surface area (Å²) in [5, 5.41) is 0. The molecule has 19 heavy (non-hydrogen) atoms. The van der Waals surface area contributed by atoms with E-state index < -0.39 is 11.7 Å². The van der Waals surface area contributed by atoms with Gasteiger partial charge in [0.2, 0.25) is 0 Å². The largest absolute Gasteiger partial charge is 0.417 e. The van der Waals surface area contributed by atoms with Crippen LogP contribution in [0.15, 0.2) is 17.1 Å². The molecule has 0 saturated heterocycles. The summed E-state index contributed by atoms with van der Waals surface area (Å²) in [6, 6.07) is 0.957. The van der Waals surface area contributed by atoms with Gasteiger partial charge in [-0.2, -0.15) is 13.2 Å². The fraction of sp³-hybridized carbons (Fsp3) is 0.615. The van der Waals surface area contributed by atoms with Crippen molar-refractivity contribution < 1.29 is 13.2 Å². The van der Waals surface area contributed by atoms with E-state index in [2.05, 4.69) is 0 Å². The fourth-order valence-electron chi connectivity index (χ4n) is 1.70. The molecular formula is C13H19F3N2O. The van der Waals surface area contributed by atoms with Crippen LogP contribution in [-0.2, 0) is 12.7 Å². The molecule has 0 amide bonds. The predicted molar refractivity (Wildman–Crippen MR) is 68.3 cm³/mol. The van der Waals surface area contributed by atoms with Gasteiger partial charge in [0.05, 0.1) is 5.56 Å². The van der Waals surface area contributed by atoms with E-state index in [0.717, 1.165) is 16.8 Å². The molecule has 0 N–H and O–H groups in total. The van der Waals surface area contributed by atoms with Crippen LogP contribution in [0.25, 0.3) is 0 Å². The monoisotopic (exact) mass is 276 g/mol. The van der Waals surface area contributed by atoms with E-state index in [1.807, 2.05) is 19.0 Å². The van der Waals surface area contributed by atoms with Gasteiger partial charge in [-0.25, -0.2) is 0 Å². The van der Waals surface area contributed by atoms with Crippen molar-refractivity contribution in [3.8, 4) is 0 Å². The summed E-state index contributed by atoms with van der Waals surface area (Å²) in [5.41, 5.74) is -0.909. The molecule has 0 aliphatic heterocycles. The lowest BCUT2D eigenvalue weighted by Crippen LogP contribution is -2.30. The molecule has 0 spiro atoms. The van der Waals surface area contributed by atoms with Gasteiger partial charge in [0.15, 0.2) is 0 Å². The number of rotatable bonds is 4. The molecule has 1 heterocycles. The minimum atomic E-state index is -4.43. The summed E-state index contributed by atoms with van der Waals surface area (Å²) in [7, 11) is 3.62. The zero-order valence-electron chi connectivity index (χ0n) is 11.6. The smallest absolute Gasteiger partial charge is 0.313 e. The van der Waals surface area contributed by atoms with Crippen molar-refractivity contribution in [2.45, 2.75) is 32.5 Å². The maximum absolute atomic E-state index is 12.8. The van der Waals surface area contributed by atoms with Gasteiger partial charge in [-0.1, -0.05) is 13.8 Å². The second-order valence-corrected chi connectivity index (χ2v) is 5.14. The van der Waals surface area contributed by atoms with E-state index in [1.54, 1.807) is 13.8 Å². The number of nitrogens with zero attached hydrogens (tertiary/aromatic N) is 2. The van der Waals surface area contributed by atoms with Gasteiger partial charge < -0.3 is 9.47 Å². The van der Waals surface area contributed by atoms with E-state index in [0.29, 0.717) is 6.54 Å². The number of likely N-dealkylation sites (N-methyl/N-ethyl adjacent to an activating group) is 1. The molecule has 1 aromatic rings. The summed E-state index contributed by atoms with van der Waals surface area (Å²) in [4.78, 5) is 13.9. The summed E-state index contributed by atoms with van der Waals surface area (Å²) >= 11 is 0. The van der Waals surface area contributed by atoms with Crippen LogP contribution in [0, 0.1) is 0 Å². The quantitative estimate of drug-likeness (QED) is 0.844. The van der Waals surface area contributed by atoms with E-state index in [-0.39, 0.29) is 23.6 Å². The molecule has 0 bridgehead atoms. The minimum absolute atomic E-state index is 0.202. The lowest BCUT2D eigenvalue weighted by molar-refractivity contribution is -0.138.